The fourth-order valence-corrected chi connectivity index (χ4v) is 2.86. The number of carbonyl (C=O) groups is 2. The van der Waals surface area contributed by atoms with Gasteiger partial charge in [0, 0.05) is 32.8 Å². The predicted octanol–water partition coefficient (Wildman–Crippen LogP) is 2.41. The molecule has 0 bridgehead atoms. The number of aliphatic carboxylic acids is 1. The molecule has 1 heterocycles. The van der Waals surface area contributed by atoms with Crippen LogP contribution in [0, 0.1) is 0 Å². The molecular weight excluding hydrogens is 284 g/mol. The van der Waals surface area contributed by atoms with Gasteiger partial charge in [0.15, 0.2) is 0 Å². The molecule has 1 fully saturated rings. The molecule has 0 atom stereocenters. The Hall–Kier alpha value is -2.05. The molecule has 1 aliphatic rings. The van der Waals surface area contributed by atoms with Crippen molar-refractivity contribution < 1.29 is 14.7 Å². The van der Waals surface area contributed by atoms with Crippen molar-refractivity contribution in [1.82, 2.24) is 14.7 Å². The van der Waals surface area contributed by atoms with Crippen LogP contribution in [0.25, 0.3) is 0 Å². The lowest BCUT2D eigenvalue weighted by molar-refractivity contribution is -0.137. The molecule has 22 heavy (non-hydrogen) atoms. The number of rotatable bonds is 5. The summed E-state index contributed by atoms with van der Waals surface area (Å²) in [4.78, 5) is 24.1. The number of carboxylic acids is 1. The fraction of sp³-hybridized carbons (Fsp3) is 0.667. The third-order valence-corrected chi connectivity index (χ3v) is 4.10. The van der Waals surface area contributed by atoms with Crippen LogP contribution in [0.15, 0.2) is 6.20 Å². The average molecular weight is 308 g/mol. The number of hydrogen-bond acceptors (Lipinski definition) is 3. The third kappa shape index (κ3) is 4.22. The maximum atomic E-state index is 12.2. The van der Waals surface area contributed by atoms with E-state index in [4.69, 9.17) is 5.11 Å². The Morgan fingerprint density at radius 2 is 2.09 bits per heavy atom. The smallest absolute Gasteiger partial charge is 0.321 e. The summed E-state index contributed by atoms with van der Waals surface area (Å²) in [6.45, 7) is 0.181. The minimum absolute atomic E-state index is 0.0631. The zero-order valence-electron chi connectivity index (χ0n) is 13.2. The van der Waals surface area contributed by atoms with Crippen LogP contribution < -0.4 is 5.32 Å². The van der Waals surface area contributed by atoms with Crippen molar-refractivity contribution in [1.29, 1.82) is 0 Å². The van der Waals surface area contributed by atoms with E-state index in [1.54, 1.807) is 11.7 Å². The standard InChI is InChI=1S/C15H24N4O3/c1-18(9-8-13(20)21)15(22)16-12-10-19(2)17-14(12)11-6-4-3-5-7-11/h10-11H,3-9H2,1-2H3,(H,16,22)(H,20,21). The van der Waals surface area contributed by atoms with Crippen LogP contribution in [-0.4, -0.2) is 45.4 Å². The molecule has 0 radical (unpaired) electrons. The van der Waals surface area contributed by atoms with Gasteiger partial charge in [0.2, 0.25) is 0 Å². The van der Waals surface area contributed by atoms with Crippen molar-refractivity contribution in [2.75, 3.05) is 18.9 Å². The van der Waals surface area contributed by atoms with E-state index in [0.717, 1.165) is 24.2 Å². The van der Waals surface area contributed by atoms with E-state index in [-0.39, 0.29) is 19.0 Å². The van der Waals surface area contributed by atoms with Gasteiger partial charge < -0.3 is 15.3 Å². The first-order valence-corrected chi connectivity index (χ1v) is 7.75. The highest BCUT2D eigenvalue weighted by atomic mass is 16.4. The summed E-state index contributed by atoms with van der Waals surface area (Å²) in [7, 11) is 3.44. The van der Waals surface area contributed by atoms with Gasteiger partial charge in [0.25, 0.3) is 0 Å². The van der Waals surface area contributed by atoms with Crippen LogP contribution in [0.1, 0.15) is 50.1 Å². The molecule has 0 saturated heterocycles. The lowest BCUT2D eigenvalue weighted by Gasteiger charge is -2.22. The third-order valence-electron chi connectivity index (χ3n) is 4.10. The van der Waals surface area contributed by atoms with Gasteiger partial charge in [0.1, 0.15) is 0 Å². The van der Waals surface area contributed by atoms with Crippen molar-refractivity contribution in [3.05, 3.63) is 11.9 Å². The van der Waals surface area contributed by atoms with E-state index < -0.39 is 5.97 Å². The highest BCUT2D eigenvalue weighted by molar-refractivity contribution is 5.90. The van der Waals surface area contributed by atoms with Crippen molar-refractivity contribution in [3.63, 3.8) is 0 Å². The Bertz CT molecular complexity index is 535. The van der Waals surface area contributed by atoms with Crippen LogP contribution in [0.4, 0.5) is 10.5 Å². The number of aryl methyl sites for hydroxylation is 1. The number of nitrogens with zero attached hydrogens (tertiary/aromatic N) is 3. The Balaban J connectivity index is 2.02. The van der Waals surface area contributed by atoms with Crippen molar-refractivity contribution in [3.8, 4) is 0 Å². The van der Waals surface area contributed by atoms with Gasteiger partial charge in [-0.1, -0.05) is 19.3 Å². The second kappa shape index (κ2) is 7.29. The summed E-state index contributed by atoms with van der Waals surface area (Å²) < 4.78 is 1.72. The first kappa shape index (κ1) is 16.3. The molecule has 0 aromatic carbocycles. The quantitative estimate of drug-likeness (QED) is 0.874. The van der Waals surface area contributed by atoms with Crippen LogP contribution in [0.2, 0.25) is 0 Å². The maximum Gasteiger partial charge on any atom is 0.321 e. The van der Waals surface area contributed by atoms with E-state index in [1.165, 1.54) is 24.2 Å². The fourth-order valence-electron chi connectivity index (χ4n) is 2.86. The number of aromatic nitrogens is 2. The molecular formula is C15H24N4O3. The Morgan fingerprint density at radius 3 is 2.73 bits per heavy atom. The van der Waals surface area contributed by atoms with E-state index in [0.29, 0.717) is 5.92 Å². The monoisotopic (exact) mass is 308 g/mol. The molecule has 2 rings (SSSR count). The van der Waals surface area contributed by atoms with Crippen LogP contribution >= 0.6 is 0 Å². The van der Waals surface area contributed by atoms with Crippen LogP contribution in [-0.2, 0) is 11.8 Å². The molecule has 1 aliphatic carbocycles. The summed E-state index contributed by atoms with van der Waals surface area (Å²) in [5.41, 5.74) is 1.68. The van der Waals surface area contributed by atoms with Gasteiger partial charge in [-0.2, -0.15) is 5.10 Å². The lowest BCUT2D eigenvalue weighted by atomic mass is 9.86. The topological polar surface area (TPSA) is 87.5 Å². The molecule has 7 heteroatoms. The van der Waals surface area contributed by atoms with Crippen LogP contribution in [0.3, 0.4) is 0 Å². The molecule has 2 amide bonds. The van der Waals surface area contributed by atoms with Crippen molar-refractivity contribution >= 4 is 17.7 Å². The molecule has 0 aliphatic heterocycles. The summed E-state index contributed by atoms with van der Waals surface area (Å²) >= 11 is 0. The van der Waals surface area contributed by atoms with Gasteiger partial charge in [-0.25, -0.2) is 4.79 Å². The van der Waals surface area contributed by atoms with Crippen molar-refractivity contribution in [2.24, 2.45) is 7.05 Å². The molecule has 2 N–H and O–H groups in total. The first-order chi connectivity index (χ1) is 10.5. The second-order valence-electron chi connectivity index (χ2n) is 5.93. The van der Waals surface area contributed by atoms with E-state index >= 15 is 0 Å². The largest absolute Gasteiger partial charge is 0.481 e. The zero-order chi connectivity index (χ0) is 16.1. The zero-order valence-corrected chi connectivity index (χ0v) is 13.2. The molecule has 1 saturated carbocycles. The van der Waals surface area contributed by atoms with Crippen molar-refractivity contribution in [2.45, 2.75) is 44.4 Å². The first-order valence-electron chi connectivity index (χ1n) is 7.75. The predicted molar refractivity (Wildman–Crippen MR) is 82.9 cm³/mol. The molecule has 0 unspecified atom stereocenters. The average Bonchev–Trinajstić information content (AvgIpc) is 2.86. The summed E-state index contributed by atoms with van der Waals surface area (Å²) in [6.07, 6.45) is 7.63. The normalized spacial score (nSPS) is 15.5. The Kier molecular flexibility index (Phi) is 5.41. The van der Waals surface area contributed by atoms with Gasteiger partial charge in [0.05, 0.1) is 17.8 Å². The number of urea groups is 1. The number of carbonyl (C=O) groups excluding carboxylic acids is 1. The molecule has 7 nitrogen and oxygen atoms in total. The van der Waals surface area contributed by atoms with Gasteiger partial charge >= 0.3 is 12.0 Å². The van der Waals surface area contributed by atoms with Gasteiger partial charge in [-0.05, 0) is 12.8 Å². The number of carboxylic acid groups (broad SMARTS) is 1. The SMILES string of the molecule is CN(CCC(=O)O)C(=O)Nc1cn(C)nc1C1CCCCC1. The van der Waals surface area contributed by atoms with Crippen LogP contribution in [0.5, 0.6) is 0 Å². The van der Waals surface area contributed by atoms with E-state index in [9.17, 15) is 9.59 Å². The second-order valence-corrected chi connectivity index (χ2v) is 5.93. The number of amides is 2. The number of nitrogens with one attached hydrogen (secondary N) is 1. The highest BCUT2D eigenvalue weighted by Crippen LogP contribution is 2.35. The van der Waals surface area contributed by atoms with E-state index in [2.05, 4.69) is 10.4 Å². The minimum atomic E-state index is -0.913. The lowest BCUT2D eigenvalue weighted by Crippen LogP contribution is -2.33. The summed E-state index contributed by atoms with van der Waals surface area (Å²) in [5.74, 6) is -0.515. The highest BCUT2D eigenvalue weighted by Gasteiger charge is 2.23. The van der Waals surface area contributed by atoms with Gasteiger partial charge in [-0.3, -0.25) is 9.48 Å². The minimum Gasteiger partial charge on any atom is -0.481 e. The van der Waals surface area contributed by atoms with Gasteiger partial charge in [-0.15, -0.1) is 0 Å². The number of anilines is 1. The number of hydrogen-bond donors (Lipinski definition) is 2. The molecule has 1 aromatic rings. The summed E-state index contributed by atoms with van der Waals surface area (Å²) in [6, 6.07) is -0.300. The molecule has 1 aromatic heterocycles. The Labute approximate surface area is 130 Å². The summed E-state index contributed by atoms with van der Waals surface area (Å²) in [5, 5.41) is 16.1. The maximum absolute atomic E-state index is 12.2. The Morgan fingerprint density at radius 1 is 1.41 bits per heavy atom. The molecule has 122 valence electrons. The molecule has 0 spiro atoms. The van der Waals surface area contributed by atoms with E-state index in [1.807, 2.05) is 13.2 Å².